The van der Waals surface area contributed by atoms with Crippen LogP contribution in [0, 0.1) is 6.92 Å². The first-order valence-corrected chi connectivity index (χ1v) is 12.3. The summed E-state index contributed by atoms with van der Waals surface area (Å²) in [5.41, 5.74) is 2.76. The number of para-hydroxylation sites is 1. The molecule has 2 atom stereocenters. The van der Waals surface area contributed by atoms with Gasteiger partial charge in [-0.15, -0.1) is 0 Å². The number of benzene rings is 3. The van der Waals surface area contributed by atoms with Gasteiger partial charge in [-0.05, 0) is 55.2 Å². The Bertz CT molecular complexity index is 1120. The van der Waals surface area contributed by atoms with Crippen molar-refractivity contribution >= 4 is 23.4 Å². The Kier molecular flexibility index (Phi) is 9.74. The highest BCUT2D eigenvalue weighted by Crippen LogP contribution is 2.20. The normalized spacial score (nSPS) is 12.5. The molecule has 0 bridgehead atoms. The van der Waals surface area contributed by atoms with Gasteiger partial charge in [0.2, 0.25) is 5.91 Å². The fourth-order valence-electron chi connectivity index (χ4n) is 3.77. The van der Waals surface area contributed by atoms with E-state index in [4.69, 9.17) is 16.3 Å². The first-order valence-electron chi connectivity index (χ1n) is 11.9. The fraction of sp³-hybridized carbons (Fsp3) is 0.310. The lowest BCUT2D eigenvalue weighted by Gasteiger charge is -2.32. The summed E-state index contributed by atoms with van der Waals surface area (Å²) in [5, 5.41) is 3.64. The third kappa shape index (κ3) is 7.86. The van der Waals surface area contributed by atoms with Crippen molar-refractivity contribution in [2.24, 2.45) is 0 Å². The van der Waals surface area contributed by atoms with Gasteiger partial charge in [0.25, 0.3) is 5.91 Å². The molecule has 5 nitrogen and oxygen atoms in total. The van der Waals surface area contributed by atoms with Gasteiger partial charge in [-0.2, -0.15) is 0 Å². The summed E-state index contributed by atoms with van der Waals surface area (Å²) in [5.74, 6) is 0.190. The topological polar surface area (TPSA) is 58.6 Å². The van der Waals surface area contributed by atoms with Gasteiger partial charge in [0.15, 0.2) is 6.61 Å². The highest BCUT2D eigenvalue weighted by atomic mass is 35.5. The molecule has 0 aliphatic carbocycles. The number of nitrogens with one attached hydrogen (secondary N) is 1. The second-order valence-electron chi connectivity index (χ2n) is 8.73. The van der Waals surface area contributed by atoms with Crippen LogP contribution in [0.5, 0.6) is 5.75 Å². The number of rotatable bonds is 11. The average Bonchev–Trinajstić information content (AvgIpc) is 2.86. The van der Waals surface area contributed by atoms with E-state index < -0.39 is 6.04 Å². The van der Waals surface area contributed by atoms with Crippen LogP contribution in [-0.4, -0.2) is 35.4 Å². The maximum atomic E-state index is 13.6. The van der Waals surface area contributed by atoms with E-state index in [1.54, 1.807) is 11.0 Å². The number of hydrogen-bond acceptors (Lipinski definition) is 3. The largest absolute Gasteiger partial charge is 0.484 e. The van der Waals surface area contributed by atoms with E-state index in [2.05, 4.69) is 5.32 Å². The zero-order chi connectivity index (χ0) is 25.2. The maximum absolute atomic E-state index is 13.6. The molecule has 0 heterocycles. The first-order chi connectivity index (χ1) is 16.9. The highest BCUT2D eigenvalue weighted by Gasteiger charge is 2.31. The standard InChI is InChI=1S/C29H33ClN2O3/c1-4-22(3)31-29(34)26(18-23-12-6-5-7-13-23)32(19-24-14-10-15-25(30)17-24)28(33)20-35-27-16-9-8-11-21(27)2/h5-17,22,26H,4,18-20H2,1-3H3,(H,31,34)/t22-,26+/m0/s1. The summed E-state index contributed by atoms with van der Waals surface area (Å²) in [6, 6.07) is 23.9. The smallest absolute Gasteiger partial charge is 0.261 e. The fourth-order valence-corrected chi connectivity index (χ4v) is 3.98. The molecule has 0 saturated carbocycles. The van der Waals surface area contributed by atoms with Crippen molar-refractivity contribution in [3.8, 4) is 5.75 Å². The van der Waals surface area contributed by atoms with Crippen molar-refractivity contribution in [2.45, 2.75) is 52.2 Å². The number of ether oxygens (including phenoxy) is 1. The van der Waals surface area contributed by atoms with Crippen LogP contribution in [0.4, 0.5) is 0 Å². The van der Waals surface area contributed by atoms with Gasteiger partial charge >= 0.3 is 0 Å². The Balaban J connectivity index is 1.92. The second kappa shape index (κ2) is 13.0. The first kappa shape index (κ1) is 26.3. The van der Waals surface area contributed by atoms with Crippen molar-refractivity contribution < 1.29 is 14.3 Å². The van der Waals surface area contributed by atoms with Crippen LogP contribution in [0.1, 0.15) is 37.0 Å². The van der Waals surface area contributed by atoms with E-state index in [0.29, 0.717) is 17.2 Å². The van der Waals surface area contributed by atoms with E-state index in [-0.39, 0.29) is 31.0 Å². The molecule has 0 aliphatic rings. The Morgan fingerprint density at radius 1 is 0.971 bits per heavy atom. The zero-order valence-corrected chi connectivity index (χ0v) is 21.3. The minimum atomic E-state index is -0.710. The molecule has 1 N–H and O–H groups in total. The van der Waals surface area contributed by atoms with Gasteiger partial charge in [0.05, 0.1) is 0 Å². The number of carbonyl (C=O) groups is 2. The van der Waals surface area contributed by atoms with E-state index in [1.165, 1.54) is 0 Å². The highest BCUT2D eigenvalue weighted by molar-refractivity contribution is 6.30. The number of hydrogen-bond donors (Lipinski definition) is 1. The summed E-state index contributed by atoms with van der Waals surface area (Å²) < 4.78 is 5.87. The van der Waals surface area contributed by atoms with Crippen LogP contribution in [0.2, 0.25) is 5.02 Å². The van der Waals surface area contributed by atoms with E-state index in [0.717, 1.165) is 23.1 Å². The number of aryl methyl sites for hydroxylation is 1. The third-order valence-electron chi connectivity index (χ3n) is 5.96. The van der Waals surface area contributed by atoms with Crippen molar-refractivity contribution in [1.29, 1.82) is 0 Å². The van der Waals surface area contributed by atoms with Gasteiger partial charge in [-0.25, -0.2) is 0 Å². The third-order valence-corrected chi connectivity index (χ3v) is 6.19. The van der Waals surface area contributed by atoms with Crippen molar-refractivity contribution in [2.75, 3.05) is 6.61 Å². The molecule has 0 spiro atoms. The predicted octanol–water partition coefficient (Wildman–Crippen LogP) is 5.58. The molecule has 0 aromatic heterocycles. The molecule has 184 valence electrons. The average molecular weight is 493 g/mol. The summed E-state index contributed by atoms with van der Waals surface area (Å²) in [6.45, 7) is 5.97. The van der Waals surface area contributed by atoms with Crippen LogP contribution in [0.3, 0.4) is 0 Å². The minimum Gasteiger partial charge on any atom is -0.484 e. The molecular weight excluding hydrogens is 460 g/mol. The molecule has 0 fully saturated rings. The Labute approximate surface area is 213 Å². The summed E-state index contributed by atoms with van der Waals surface area (Å²) >= 11 is 6.22. The van der Waals surface area contributed by atoms with Gasteiger partial charge < -0.3 is 15.0 Å². The molecule has 0 saturated heterocycles. The number of nitrogens with zero attached hydrogens (tertiary/aromatic N) is 1. The number of amides is 2. The van der Waals surface area contributed by atoms with Gasteiger partial charge in [-0.1, -0.05) is 79.2 Å². The molecule has 3 aromatic rings. The van der Waals surface area contributed by atoms with Gasteiger partial charge in [0, 0.05) is 24.0 Å². The van der Waals surface area contributed by atoms with Crippen LogP contribution >= 0.6 is 11.6 Å². The SMILES string of the molecule is CC[C@H](C)NC(=O)[C@@H](Cc1ccccc1)N(Cc1cccc(Cl)c1)C(=O)COc1ccccc1C. The molecule has 35 heavy (non-hydrogen) atoms. The van der Waals surface area contributed by atoms with E-state index >= 15 is 0 Å². The van der Waals surface area contributed by atoms with Crippen molar-refractivity contribution in [3.05, 3.63) is 101 Å². The lowest BCUT2D eigenvalue weighted by Crippen LogP contribution is -2.53. The van der Waals surface area contributed by atoms with Crippen LogP contribution in [-0.2, 0) is 22.6 Å². The Morgan fingerprint density at radius 3 is 2.34 bits per heavy atom. The predicted molar refractivity (Wildman–Crippen MR) is 141 cm³/mol. The summed E-state index contributed by atoms with van der Waals surface area (Å²) in [7, 11) is 0. The zero-order valence-electron chi connectivity index (χ0n) is 20.5. The van der Waals surface area contributed by atoms with Crippen LogP contribution < -0.4 is 10.1 Å². The maximum Gasteiger partial charge on any atom is 0.261 e. The molecule has 0 unspecified atom stereocenters. The van der Waals surface area contributed by atoms with Gasteiger partial charge in [0.1, 0.15) is 11.8 Å². The van der Waals surface area contributed by atoms with Crippen LogP contribution in [0.25, 0.3) is 0 Å². The molecule has 0 radical (unpaired) electrons. The van der Waals surface area contributed by atoms with E-state index in [1.807, 2.05) is 93.6 Å². The Hall–Kier alpha value is -3.31. The molecule has 2 amide bonds. The second-order valence-corrected chi connectivity index (χ2v) is 9.17. The lowest BCUT2D eigenvalue weighted by atomic mass is 10.0. The quantitative estimate of drug-likeness (QED) is 0.380. The molecule has 0 aliphatic heterocycles. The Morgan fingerprint density at radius 2 is 1.66 bits per heavy atom. The van der Waals surface area contributed by atoms with Gasteiger partial charge in [-0.3, -0.25) is 9.59 Å². The molecular formula is C29H33ClN2O3. The van der Waals surface area contributed by atoms with Crippen molar-refractivity contribution in [3.63, 3.8) is 0 Å². The summed E-state index contributed by atoms with van der Waals surface area (Å²) in [4.78, 5) is 28.7. The number of carbonyl (C=O) groups excluding carboxylic acids is 2. The lowest BCUT2D eigenvalue weighted by molar-refractivity contribution is -0.143. The molecule has 6 heteroatoms. The molecule has 3 rings (SSSR count). The molecule has 3 aromatic carbocycles. The van der Waals surface area contributed by atoms with E-state index in [9.17, 15) is 9.59 Å². The number of halogens is 1. The van der Waals surface area contributed by atoms with Crippen LogP contribution in [0.15, 0.2) is 78.9 Å². The summed E-state index contributed by atoms with van der Waals surface area (Å²) in [6.07, 6.45) is 1.18. The minimum absolute atomic E-state index is 0.00730. The van der Waals surface area contributed by atoms with Crippen molar-refractivity contribution in [1.82, 2.24) is 10.2 Å². The monoisotopic (exact) mass is 492 g/mol.